The number of nitrogens with zero attached hydrogens (tertiary/aromatic N) is 2. The van der Waals surface area contributed by atoms with Crippen molar-refractivity contribution in [3.63, 3.8) is 0 Å². The van der Waals surface area contributed by atoms with Crippen molar-refractivity contribution in [3.05, 3.63) is 12.7 Å². The number of amides is 1. The molecule has 1 heterocycles. The van der Waals surface area contributed by atoms with E-state index in [0.29, 0.717) is 6.04 Å². The molecular formula is C11H20N2O. The second-order valence-electron chi connectivity index (χ2n) is 3.91. The van der Waals surface area contributed by atoms with E-state index < -0.39 is 0 Å². The van der Waals surface area contributed by atoms with Crippen LogP contribution in [0.1, 0.15) is 19.8 Å². The summed E-state index contributed by atoms with van der Waals surface area (Å²) in [7, 11) is 2.13. The number of likely N-dealkylation sites (N-methyl/N-ethyl adjacent to an activating group) is 1. The van der Waals surface area contributed by atoms with Crippen molar-refractivity contribution >= 4 is 5.91 Å². The van der Waals surface area contributed by atoms with Crippen LogP contribution in [0.5, 0.6) is 0 Å². The van der Waals surface area contributed by atoms with Gasteiger partial charge in [-0.05, 0) is 19.5 Å². The first-order chi connectivity index (χ1) is 6.69. The Balaban J connectivity index is 2.52. The molecule has 0 unspecified atom stereocenters. The lowest BCUT2D eigenvalue weighted by atomic mass is 10.1. The van der Waals surface area contributed by atoms with E-state index in [1.54, 1.807) is 0 Å². The Morgan fingerprint density at radius 1 is 1.57 bits per heavy atom. The molecule has 1 fully saturated rings. The van der Waals surface area contributed by atoms with Crippen LogP contribution in [-0.2, 0) is 4.79 Å². The number of carbonyl (C=O) groups is 1. The van der Waals surface area contributed by atoms with Crippen LogP contribution in [0.2, 0.25) is 0 Å². The zero-order valence-corrected chi connectivity index (χ0v) is 9.20. The van der Waals surface area contributed by atoms with Gasteiger partial charge in [-0.15, -0.1) is 0 Å². The summed E-state index contributed by atoms with van der Waals surface area (Å²) in [6, 6.07) is 0.526. The van der Waals surface area contributed by atoms with Crippen molar-refractivity contribution < 1.29 is 4.79 Å². The molecule has 0 aromatic heterocycles. The quantitative estimate of drug-likeness (QED) is 0.631. The molecule has 80 valence electrons. The summed E-state index contributed by atoms with van der Waals surface area (Å²) in [6.45, 7) is 8.37. The zero-order valence-electron chi connectivity index (χ0n) is 9.20. The Kier molecular flexibility index (Phi) is 4.14. The maximum Gasteiger partial charge on any atom is 0.246 e. The minimum Gasteiger partial charge on any atom is -0.336 e. The van der Waals surface area contributed by atoms with Gasteiger partial charge in [-0.1, -0.05) is 19.9 Å². The summed E-state index contributed by atoms with van der Waals surface area (Å²) in [5, 5.41) is 0. The molecule has 1 aliphatic heterocycles. The van der Waals surface area contributed by atoms with Gasteiger partial charge >= 0.3 is 0 Å². The Morgan fingerprint density at radius 2 is 2.29 bits per heavy atom. The van der Waals surface area contributed by atoms with Crippen molar-refractivity contribution in [3.8, 4) is 0 Å². The van der Waals surface area contributed by atoms with Gasteiger partial charge in [0.15, 0.2) is 0 Å². The van der Waals surface area contributed by atoms with Gasteiger partial charge < -0.3 is 4.90 Å². The Bertz CT molecular complexity index is 215. The maximum absolute atomic E-state index is 11.4. The second kappa shape index (κ2) is 5.15. The van der Waals surface area contributed by atoms with E-state index in [2.05, 4.69) is 25.5 Å². The van der Waals surface area contributed by atoms with Crippen molar-refractivity contribution in [2.75, 3.05) is 26.7 Å². The molecule has 0 saturated carbocycles. The van der Waals surface area contributed by atoms with Crippen LogP contribution >= 0.6 is 0 Å². The van der Waals surface area contributed by atoms with Crippen molar-refractivity contribution in [1.29, 1.82) is 0 Å². The summed E-state index contributed by atoms with van der Waals surface area (Å²) in [5.74, 6) is 0.0687. The highest BCUT2D eigenvalue weighted by molar-refractivity contribution is 5.87. The fourth-order valence-corrected chi connectivity index (χ4v) is 1.92. The highest BCUT2D eigenvalue weighted by Gasteiger charge is 2.25. The van der Waals surface area contributed by atoms with Crippen LogP contribution < -0.4 is 0 Å². The highest BCUT2D eigenvalue weighted by atomic mass is 16.2. The summed E-state index contributed by atoms with van der Waals surface area (Å²) in [6.07, 6.45) is 3.75. The number of hydrogen-bond donors (Lipinski definition) is 0. The minimum atomic E-state index is 0.0687. The molecule has 3 nitrogen and oxygen atoms in total. The number of hydrogen-bond acceptors (Lipinski definition) is 2. The van der Waals surface area contributed by atoms with Gasteiger partial charge in [-0.2, -0.15) is 0 Å². The Hall–Kier alpha value is -0.830. The van der Waals surface area contributed by atoms with Gasteiger partial charge in [0.1, 0.15) is 0 Å². The third kappa shape index (κ3) is 2.58. The lowest BCUT2D eigenvalue weighted by Gasteiger charge is -2.39. The third-order valence-electron chi connectivity index (χ3n) is 2.89. The maximum atomic E-state index is 11.4. The molecule has 14 heavy (non-hydrogen) atoms. The molecule has 0 bridgehead atoms. The fourth-order valence-electron chi connectivity index (χ4n) is 1.92. The van der Waals surface area contributed by atoms with E-state index in [-0.39, 0.29) is 5.91 Å². The van der Waals surface area contributed by atoms with Crippen LogP contribution in [0, 0.1) is 0 Å². The lowest BCUT2D eigenvalue weighted by molar-refractivity contribution is -0.128. The van der Waals surface area contributed by atoms with E-state index in [9.17, 15) is 4.79 Å². The first-order valence-corrected chi connectivity index (χ1v) is 5.30. The van der Waals surface area contributed by atoms with Crippen LogP contribution in [0.4, 0.5) is 0 Å². The summed E-state index contributed by atoms with van der Waals surface area (Å²) in [5.41, 5.74) is 0. The van der Waals surface area contributed by atoms with Gasteiger partial charge in [0.25, 0.3) is 0 Å². The predicted octanol–water partition coefficient (Wildman–Crippen LogP) is 1.12. The Morgan fingerprint density at radius 3 is 2.86 bits per heavy atom. The number of carbonyl (C=O) groups excluding carboxylic acids is 1. The van der Waals surface area contributed by atoms with Crippen molar-refractivity contribution in [2.45, 2.75) is 25.8 Å². The zero-order chi connectivity index (χ0) is 10.6. The van der Waals surface area contributed by atoms with E-state index in [4.69, 9.17) is 0 Å². The molecule has 0 spiro atoms. The van der Waals surface area contributed by atoms with Crippen molar-refractivity contribution in [2.24, 2.45) is 0 Å². The lowest BCUT2D eigenvalue weighted by Crippen LogP contribution is -2.52. The second-order valence-corrected chi connectivity index (χ2v) is 3.91. The molecule has 1 rings (SSSR count). The summed E-state index contributed by atoms with van der Waals surface area (Å²) in [4.78, 5) is 15.7. The molecule has 1 amide bonds. The number of piperazine rings is 1. The molecule has 1 saturated heterocycles. The predicted molar refractivity (Wildman–Crippen MR) is 58.1 cm³/mol. The standard InChI is InChI=1S/C11H20N2O/c1-4-6-10-9-13(11(14)5-2)8-7-12(10)3/h5,10H,2,4,6-9H2,1,3H3/t10-/m0/s1. The summed E-state index contributed by atoms with van der Waals surface area (Å²) < 4.78 is 0. The number of rotatable bonds is 3. The molecule has 0 N–H and O–H groups in total. The minimum absolute atomic E-state index is 0.0687. The van der Waals surface area contributed by atoms with E-state index >= 15 is 0 Å². The molecule has 1 atom stereocenters. The van der Waals surface area contributed by atoms with Crippen LogP contribution in [0.25, 0.3) is 0 Å². The first kappa shape index (κ1) is 11.2. The van der Waals surface area contributed by atoms with Crippen molar-refractivity contribution in [1.82, 2.24) is 9.80 Å². The molecule has 0 aliphatic carbocycles. The van der Waals surface area contributed by atoms with Crippen LogP contribution in [0.15, 0.2) is 12.7 Å². The molecule has 0 radical (unpaired) electrons. The van der Waals surface area contributed by atoms with Gasteiger partial charge in [0.05, 0.1) is 0 Å². The monoisotopic (exact) mass is 196 g/mol. The Labute approximate surface area is 86.4 Å². The summed E-state index contributed by atoms with van der Waals surface area (Å²) >= 11 is 0. The SMILES string of the molecule is C=CC(=O)N1CCN(C)[C@@H](CCC)C1. The van der Waals surface area contributed by atoms with Gasteiger partial charge in [-0.3, -0.25) is 9.69 Å². The average molecular weight is 196 g/mol. The van der Waals surface area contributed by atoms with E-state index in [1.165, 1.54) is 12.5 Å². The topological polar surface area (TPSA) is 23.6 Å². The molecule has 0 aromatic carbocycles. The molecule has 0 aromatic rings. The first-order valence-electron chi connectivity index (χ1n) is 5.30. The van der Waals surface area contributed by atoms with Gasteiger partial charge in [0, 0.05) is 25.7 Å². The fraction of sp³-hybridized carbons (Fsp3) is 0.727. The van der Waals surface area contributed by atoms with E-state index in [0.717, 1.165) is 26.1 Å². The normalized spacial score (nSPS) is 23.6. The van der Waals surface area contributed by atoms with Crippen LogP contribution in [0.3, 0.4) is 0 Å². The smallest absolute Gasteiger partial charge is 0.246 e. The largest absolute Gasteiger partial charge is 0.336 e. The molecule has 1 aliphatic rings. The highest BCUT2D eigenvalue weighted by Crippen LogP contribution is 2.12. The third-order valence-corrected chi connectivity index (χ3v) is 2.89. The van der Waals surface area contributed by atoms with E-state index in [1.807, 2.05) is 4.90 Å². The van der Waals surface area contributed by atoms with Gasteiger partial charge in [0.2, 0.25) is 5.91 Å². The molecule has 3 heteroatoms. The molecular weight excluding hydrogens is 176 g/mol. The average Bonchev–Trinajstić information content (AvgIpc) is 2.20. The van der Waals surface area contributed by atoms with Crippen LogP contribution in [-0.4, -0.2) is 48.4 Å². The van der Waals surface area contributed by atoms with Gasteiger partial charge in [-0.25, -0.2) is 0 Å².